The lowest BCUT2D eigenvalue weighted by Crippen LogP contribution is -2.44. The van der Waals surface area contributed by atoms with E-state index in [2.05, 4.69) is 0 Å². The molecule has 0 aromatic heterocycles. The molecule has 5 heteroatoms. The van der Waals surface area contributed by atoms with Crippen LogP contribution in [0, 0.1) is 11.7 Å². The van der Waals surface area contributed by atoms with Crippen molar-refractivity contribution in [2.24, 2.45) is 5.92 Å². The summed E-state index contributed by atoms with van der Waals surface area (Å²) in [6.07, 6.45) is 0.445. The Balaban J connectivity index is 2.07. The lowest BCUT2D eigenvalue weighted by molar-refractivity contribution is 0.0294. The lowest BCUT2D eigenvalue weighted by Gasteiger charge is -2.33. The lowest BCUT2D eigenvalue weighted by atomic mass is 9.95. The van der Waals surface area contributed by atoms with Crippen LogP contribution in [0.25, 0.3) is 0 Å². The molecule has 0 radical (unpaired) electrons. The highest BCUT2D eigenvalue weighted by Gasteiger charge is 2.26. The third kappa shape index (κ3) is 3.35. The number of hydrogen-bond acceptors (Lipinski definition) is 4. The smallest absolute Gasteiger partial charge is 0.180 e. The summed E-state index contributed by atoms with van der Waals surface area (Å²) in [7, 11) is 1.45. The number of ketones is 1. The Bertz CT molecular complexity index is 492. The van der Waals surface area contributed by atoms with E-state index in [1.807, 2.05) is 11.8 Å². The van der Waals surface area contributed by atoms with Gasteiger partial charge in [0.15, 0.2) is 5.78 Å². The van der Waals surface area contributed by atoms with Gasteiger partial charge in [-0.25, -0.2) is 4.39 Å². The van der Waals surface area contributed by atoms with E-state index in [4.69, 9.17) is 4.74 Å². The first kappa shape index (κ1) is 14.9. The standard InChI is InChI=1S/C15H20FNO3/c1-10-5-6-17(8-13(10)18)9-14(19)12-7-11(16)3-4-15(12)20-2/h3-4,7,10,13,18H,5-6,8-9H2,1-2H3. The molecule has 1 aromatic carbocycles. The van der Waals surface area contributed by atoms with Gasteiger partial charge in [0.05, 0.1) is 25.3 Å². The molecule has 2 atom stereocenters. The van der Waals surface area contributed by atoms with Gasteiger partial charge in [-0.3, -0.25) is 9.69 Å². The predicted molar refractivity (Wildman–Crippen MR) is 73.5 cm³/mol. The Hall–Kier alpha value is -1.46. The van der Waals surface area contributed by atoms with Crippen molar-refractivity contribution in [3.8, 4) is 5.75 Å². The molecule has 20 heavy (non-hydrogen) atoms. The van der Waals surface area contributed by atoms with Gasteiger partial charge < -0.3 is 9.84 Å². The van der Waals surface area contributed by atoms with E-state index in [-0.39, 0.29) is 23.8 Å². The minimum Gasteiger partial charge on any atom is -0.496 e. The molecular weight excluding hydrogens is 261 g/mol. The summed E-state index contributed by atoms with van der Waals surface area (Å²) in [6.45, 7) is 3.41. The monoisotopic (exact) mass is 281 g/mol. The van der Waals surface area contributed by atoms with Crippen molar-refractivity contribution in [3.05, 3.63) is 29.6 Å². The Morgan fingerprint density at radius 3 is 2.95 bits per heavy atom. The van der Waals surface area contributed by atoms with Crippen LogP contribution in [0.15, 0.2) is 18.2 Å². The van der Waals surface area contributed by atoms with Crippen LogP contribution in [-0.4, -0.2) is 48.6 Å². The number of carbonyl (C=O) groups excluding carboxylic acids is 1. The van der Waals surface area contributed by atoms with E-state index in [0.717, 1.165) is 13.0 Å². The number of likely N-dealkylation sites (tertiary alicyclic amines) is 1. The molecule has 1 N–H and O–H groups in total. The number of benzene rings is 1. The molecule has 1 fully saturated rings. The van der Waals surface area contributed by atoms with E-state index in [1.165, 1.54) is 25.3 Å². The molecule has 4 nitrogen and oxygen atoms in total. The molecule has 1 aliphatic rings. The van der Waals surface area contributed by atoms with Crippen LogP contribution in [0.1, 0.15) is 23.7 Å². The summed E-state index contributed by atoms with van der Waals surface area (Å²) < 4.78 is 18.4. The van der Waals surface area contributed by atoms with Crippen molar-refractivity contribution >= 4 is 5.78 Å². The number of piperidine rings is 1. The highest BCUT2D eigenvalue weighted by atomic mass is 19.1. The number of halogens is 1. The number of hydrogen-bond donors (Lipinski definition) is 1. The average molecular weight is 281 g/mol. The largest absolute Gasteiger partial charge is 0.496 e. The van der Waals surface area contributed by atoms with Gasteiger partial charge in [0.2, 0.25) is 0 Å². The fourth-order valence-corrected chi connectivity index (χ4v) is 2.44. The van der Waals surface area contributed by atoms with E-state index in [9.17, 15) is 14.3 Å². The fraction of sp³-hybridized carbons (Fsp3) is 0.533. The Morgan fingerprint density at radius 2 is 2.30 bits per heavy atom. The van der Waals surface area contributed by atoms with Gasteiger partial charge in [-0.2, -0.15) is 0 Å². The van der Waals surface area contributed by atoms with Crippen LogP contribution in [0.5, 0.6) is 5.75 Å². The molecule has 110 valence electrons. The molecule has 2 unspecified atom stereocenters. The number of nitrogens with zero attached hydrogens (tertiary/aromatic N) is 1. The van der Waals surface area contributed by atoms with Crippen molar-refractivity contribution in [1.82, 2.24) is 4.90 Å². The van der Waals surface area contributed by atoms with E-state index >= 15 is 0 Å². The van der Waals surface area contributed by atoms with Crippen LogP contribution >= 0.6 is 0 Å². The number of carbonyl (C=O) groups is 1. The quantitative estimate of drug-likeness (QED) is 0.854. The number of β-amino-alcohol motifs (C(OH)–C–C–N with tert-alkyl or cyclic N) is 1. The van der Waals surface area contributed by atoms with E-state index in [0.29, 0.717) is 12.3 Å². The van der Waals surface area contributed by atoms with Crippen molar-refractivity contribution in [2.45, 2.75) is 19.4 Å². The number of aliphatic hydroxyl groups excluding tert-OH is 1. The van der Waals surface area contributed by atoms with Crippen molar-refractivity contribution < 1.29 is 19.0 Å². The molecule has 1 aliphatic heterocycles. The zero-order valence-corrected chi connectivity index (χ0v) is 11.8. The van der Waals surface area contributed by atoms with Crippen LogP contribution < -0.4 is 4.74 Å². The van der Waals surface area contributed by atoms with Crippen molar-refractivity contribution in [1.29, 1.82) is 0 Å². The first-order valence-electron chi connectivity index (χ1n) is 6.78. The molecule has 2 rings (SSSR count). The van der Waals surface area contributed by atoms with Crippen molar-refractivity contribution in [3.63, 3.8) is 0 Å². The van der Waals surface area contributed by atoms with E-state index < -0.39 is 11.9 Å². The third-order valence-electron chi connectivity index (χ3n) is 3.83. The zero-order chi connectivity index (χ0) is 14.7. The zero-order valence-electron chi connectivity index (χ0n) is 11.8. The normalized spacial score (nSPS) is 23.6. The third-order valence-corrected chi connectivity index (χ3v) is 3.83. The minimum atomic E-state index is -0.457. The SMILES string of the molecule is COc1ccc(F)cc1C(=O)CN1CCC(C)C(O)C1. The van der Waals surface area contributed by atoms with Crippen LogP contribution in [0.3, 0.4) is 0 Å². The highest BCUT2D eigenvalue weighted by Crippen LogP contribution is 2.22. The van der Waals surface area contributed by atoms with Gasteiger partial charge in [-0.15, -0.1) is 0 Å². The second-order valence-electron chi connectivity index (χ2n) is 5.34. The predicted octanol–water partition coefficient (Wildman–Crippen LogP) is 1.72. The summed E-state index contributed by atoms with van der Waals surface area (Å²) in [4.78, 5) is 14.2. The molecule has 0 spiro atoms. The van der Waals surface area contributed by atoms with Crippen molar-refractivity contribution in [2.75, 3.05) is 26.7 Å². The highest BCUT2D eigenvalue weighted by molar-refractivity contribution is 6.00. The topological polar surface area (TPSA) is 49.8 Å². The number of rotatable bonds is 4. The maximum absolute atomic E-state index is 13.3. The summed E-state index contributed by atoms with van der Waals surface area (Å²) in [5.41, 5.74) is 0.251. The Labute approximate surface area is 118 Å². The van der Waals surface area contributed by atoms with Gasteiger partial charge in [0.25, 0.3) is 0 Å². The second-order valence-corrected chi connectivity index (χ2v) is 5.34. The molecule has 1 saturated heterocycles. The number of ether oxygens (including phenoxy) is 1. The van der Waals surface area contributed by atoms with Crippen LogP contribution in [0.2, 0.25) is 0 Å². The average Bonchev–Trinajstić information content (AvgIpc) is 2.43. The molecule has 1 aromatic rings. The summed E-state index contributed by atoms with van der Waals surface area (Å²) >= 11 is 0. The molecule has 0 amide bonds. The molecule has 0 aliphatic carbocycles. The number of Topliss-reactive ketones (excluding diaryl/α,β-unsaturated/α-hetero) is 1. The van der Waals surface area contributed by atoms with Gasteiger partial charge in [0, 0.05) is 6.54 Å². The number of aliphatic hydroxyl groups is 1. The Kier molecular flexibility index (Phi) is 4.73. The van der Waals surface area contributed by atoms with Gasteiger partial charge >= 0.3 is 0 Å². The van der Waals surface area contributed by atoms with Gasteiger partial charge in [-0.05, 0) is 37.1 Å². The molecule has 0 bridgehead atoms. The summed E-state index contributed by atoms with van der Waals surface area (Å²) in [5, 5.41) is 9.84. The fourth-order valence-electron chi connectivity index (χ4n) is 2.44. The molecule has 1 heterocycles. The Morgan fingerprint density at radius 1 is 1.55 bits per heavy atom. The maximum atomic E-state index is 13.3. The first-order valence-corrected chi connectivity index (χ1v) is 6.78. The van der Waals surface area contributed by atoms with Crippen LogP contribution in [0.4, 0.5) is 4.39 Å². The number of methoxy groups -OCH3 is 1. The summed E-state index contributed by atoms with van der Waals surface area (Å²) in [5.74, 6) is -0.0167. The summed E-state index contributed by atoms with van der Waals surface area (Å²) in [6, 6.07) is 3.92. The van der Waals surface area contributed by atoms with Gasteiger partial charge in [-0.1, -0.05) is 6.92 Å². The minimum absolute atomic E-state index is 0.170. The van der Waals surface area contributed by atoms with Crippen LogP contribution in [-0.2, 0) is 0 Å². The van der Waals surface area contributed by atoms with E-state index in [1.54, 1.807) is 0 Å². The van der Waals surface area contributed by atoms with Gasteiger partial charge in [0.1, 0.15) is 11.6 Å². The first-order chi connectivity index (χ1) is 9.51. The molecular formula is C15H20FNO3. The second kappa shape index (κ2) is 6.33. The maximum Gasteiger partial charge on any atom is 0.180 e. The molecule has 0 saturated carbocycles.